The molecule has 2 heterocycles. The third kappa shape index (κ3) is 4.47. The number of hydrogen-bond acceptors (Lipinski definition) is 4. The van der Waals surface area contributed by atoms with Gasteiger partial charge in [-0.15, -0.1) is 0 Å². The minimum atomic E-state index is -0.524. The average Bonchev–Trinajstić information content (AvgIpc) is 3.08. The summed E-state index contributed by atoms with van der Waals surface area (Å²) >= 11 is 0. The van der Waals surface area contributed by atoms with E-state index < -0.39 is 5.82 Å². The van der Waals surface area contributed by atoms with Gasteiger partial charge in [0.15, 0.2) is 11.6 Å². The summed E-state index contributed by atoms with van der Waals surface area (Å²) in [6.07, 6.45) is 0.688. The largest absolute Gasteiger partial charge is 0.494 e. The Labute approximate surface area is 180 Å². The number of halogens is 1. The lowest BCUT2D eigenvalue weighted by Crippen LogP contribution is -2.39. The molecule has 2 amide bonds. The maximum atomic E-state index is 13.9. The first-order chi connectivity index (χ1) is 14.9. The minimum absolute atomic E-state index is 0.134. The molecule has 0 unspecified atom stereocenters. The molecule has 1 N–H and O–H groups in total. The quantitative estimate of drug-likeness (QED) is 0.671. The normalized spacial score (nSPS) is 13.0. The zero-order chi connectivity index (χ0) is 22.0. The van der Waals surface area contributed by atoms with Gasteiger partial charge in [0.25, 0.3) is 0 Å². The third-order valence-corrected chi connectivity index (χ3v) is 5.41. The molecule has 0 aliphatic carbocycles. The first-order valence-electron chi connectivity index (χ1n) is 10.1. The number of anilines is 1. The summed E-state index contributed by atoms with van der Waals surface area (Å²) in [5.74, 6) is 0.384. The summed E-state index contributed by atoms with van der Waals surface area (Å²) in [6, 6.07) is 11.9. The Morgan fingerprint density at radius 1 is 1.23 bits per heavy atom. The molecule has 162 valence electrons. The van der Waals surface area contributed by atoms with Crippen LogP contribution < -0.4 is 14.8 Å². The summed E-state index contributed by atoms with van der Waals surface area (Å²) < 4.78 is 26.6. The fourth-order valence-electron chi connectivity index (χ4n) is 3.69. The van der Waals surface area contributed by atoms with E-state index in [2.05, 4.69) is 10.4 Å². The van der Waals surface area contributed by atoms with E-state index in [1.165, 1.54) is 24.8 Å². The van der Waals surface area contributed by atoms with E-state index in [1.54, 1.807) is 11.0 Å². The second-order valence-electron chi connectivity index (χ2n) is 7.55. The molecule has 4 rings (SSSR count). The van der Waals surface area contributed by atoms with Crippen LogP contribution in [0.5, 0.6) is 11.5 Å². The molecule has 0 radical (unpaired) electrons. The van der Waals surface area contributed by atoms with E-state index in [4.69, 9.17) is 9.47 Å². The number of urea groups is 1. The van der Waals surface area contributed by atoms with Gasteiger partial charge in [-0.25, -0.2) is 9.18 Å². The van der Waals surface area contributed by atoms with Crippen molar-refractivity contribution in [2.75, 3.05) is 19.0 Å². The second-order valence-corrected chi connectivity index (χ2v) is 7.55. The molecule has 8 heteroatoms. The predicted octanol–water partition coefficient (Wildman–Crippen LogP) is 4.05. The van der Waals surface area contributed by atoms with Crippen LogP contribution in [0.1, 0.15) is 22.5 Å². The van der Waals surface area contributed by atoms with Crippen LogP contribution in [0.3, 0.4) is 0 Å². The van der Waals surface area contributed by atoms with Crippen molar-refractivity contribution in [3.8, 4) is 11.5 Å². The van der Waals surface area contributed by atoms with Crippen molar-refractivity contribution < 1.29 is 18.7 Å². The lowest BCUT2D eigenvalue weighted by molar-refractivity contribution is 0.205. The molecule has 1 aromatic heterocycles. The van der Waals surface area contributed by atoms with Gasteiger partial charge in [0.1, 0.15) is 18.1 Å². The molecular formula is C23H25FN4O3. The number of methoxy groups -OCH3 is 1. The number of fused-ring (bicyclic) bond motifs is 1. The maximum Gasteiger partial charge on any atom is 0.322 e. The van der Waals surface area contributed by atoms with Gasteiger partial charge in [0, 0.05) is 43.0 Å². The molecule has 0 atom stereocenters. The van der Waals surface area contributed by atoms with Gasteiger partial charge in [-0.2, -0.15) is 5.10 Å². The highest BCUT2D eigenvalue weighted by Gasteiger charge is 2.27. The first kappa shape index (κ1) is 20.7. The molecule has 1 aliphatic heterocycles. The van der Waals surface area contributed by atoms with Crippen molar-refractivity contribution in [2.24, 2.45) is 7.05 Å². The number of hydrogen-bond donors (Lipinski definition) is 1. The van der Waals surface area contributed by atoms with E-state index in [9.17, 15) is 9.18 Å². The van der Waals surface area contributed by atoms with Crippen molar-refractivity contribution in [1.82, 2.24) is 14.7 Å². The van der Waals surface area contributed by atoms with Gasteiger partial charge in [-0.05, 0) is 31.2 Å². The van der Waals surface area contributed by atoms with Gasteiger partial charge >= 0.3 is 6.03 Å². The Balaban J connectivity index is 1.45. The van der Waals surface area contributed by atoms with Crippen LogP contribution >= 0.6 is 0 Å². The molecule has 2 aromatic carbocycles. The number of aromatic nitrogens is 2. The number of carbonyl (C=O) groups excluding carboxylic acids is 1. The Morgan fingerprint density at radius 2 is 2.00 bits per heavy atom. The number of ether oxygens (including phenoxy) is 2. The van der Waals surface area contributed by atoms with E-state index in [1.807, 2.05) is 42.9 Å². The molecule has 0 saturated carbocycles. The smallest absolute Gasteiger partial charge is 0.322 e. The molecular weight excluding hydrogens is 399 g/mol. The van der Waals surface area contributed by atoms with Crippen LogP contribution in [0, 0.1) is 12.7 Å². The zero-order valence-electron chi connectivity index (χ0n) is 17.8. The maximum absolute atomic E-state index is 13.9. The third-order valence-electron chi connectivity index (χ3n) is 5.41. The van der Waals surface area contributed by atoms with Gasteiger partial charge < -0.3 is 19.7 Å². The number of amides is 2. The Morgan fingerprint density at radius 3 is 2.71 bits per heavy atom. The highest BCUT2D eigenvalue weighted by Crippen LogP contribution is 2.25. The van der Waals surface area contributed by atoms with E-state index in [0.29, 0.717) is 31.8 Å². The van der Waals surface area contributed by atoms with Crippen LogP contribution in [0.4, 0.5) is 14.9 Å². The van der Waals surface area contributed by atoms with Crippen molar-refractivity contribution in [3.63, 3.8) is 0 Å². The fourth-order valence-corrected chi connectivity index (χ4v) is 3.69. The van der Waals surface area contributed by atoms with Gasteiger partial charge in [-0.1, -0.05) is 17.7 Å². The number of benzene rings is 2. The standard InChI is InChI=1S/C23H25FN4O3/c1-15-4-7-17(8-5-15)31-14-20-18-13-28(11-10-21(18)27(2)26-20)23(29)25-16-6-9-22(30-3)19(24)12-16/h4-9,12H,10-11,13-14H2,1-3H3,(H,25,29). The summed E-state index contributed by atoms with van der Waals surface area (Å²) in [7, 11) is 3.31. The molecule has 0 spiro atoms. The minimum Gasteiger partial charge on any atom is -0.494 e. The topological polar surface area (TPSA) is 68.6 Å². The zero-order valence-corrected chi connectivity index (χ0v) is 17.8. The summed E-state index contributed by atoms with van der Waals surface area (Å²) in [6.45, 7) is 3.32. The Bertz CT molecular complexity index is 1090. The van der Waals surface area contributed by atoms with Gasteiger partial charge in [-0.3, -0.25) is 4.68 Å². The highest BCUT2D eigenvalue weighted by atomic mass is 19.1. The molecule has 1 aliphatic rings. The lowest BCUT2D eigenvalue weighted by atomic mass is 10.1. The molecule has 0 fully saturated rings. The van der Waals surface area contributed by atoms with Crippen molar-refractivity contribution >= 4 is 11.7 Å². The molecule has 31 heavy (non-hydrogen) atoms. The van der Waals surface area contributed by atoms with Crippen molar-refractivity contribution in [2.45, 2.75) is 26.5 Å². The van der Waals surface area contributed by atoms with E-state index >= 15 is 0 Å². The van der Waals surface area contributed by atoms with Gasteiger partial charge in [0.2, 0.25) is 0 Å². The lowest BCUT2D eigenvalue weighted by Gasteiger charge is -2.28. The van der Waals surface area contributed by atoms with Crippen molar-refractivity contribution in [1.29, 1.82) is 0 Å². The first-order valence-corrected chi connectivity index (χ1v) is 10.1. The Kier molecular flexibility index (Phi) is 5.79. The molecule has 0 bridgehead atoms. The number of rotatable bonds is 5. The summed E-state index contributed by atoms with van der Waals surface area (Å²) in [5, 5.41) is 7.36. The van der Waals surface area contributed by atoms with Crippen molar-refractivity contribution in [3.05, 3.63) is 70.8 Å². The second kappa shape index (κ2) is 8.67. The summed E-state index contributed by atoms with van der Waals surface area (Å²) in [5.41, 5.74) is 4.45. The van der Waals surface area contributed by atoms with Crippen LogP contribution in [0.25, 0.3) is 0 Å². The molecule has 0 saturated heterocycles. The predicted molar refractivity (Wildman–Crippen MR) is 115 cm³/mol. The van der Waals surface area contributed by atoms with Gasteiger partial charge in [0.05, 0.1) is 13.7 Å². The van der Waals surface area contributed by atoms with Crippen LogP contribution in [0.2, 0.25) is 0 Å². The number of nitrogens with zero attached hydrogens (tertiary/aromatic N) is 3. The van der Waals surface area contributed by atoms with Crippen LogP contribution in [0.15, 0.2) is 42.5 Å². The number of aryl methyl sites for hydroxylation is 2. The van der Waals surface area contributed by atoms with E-state index in [-0.39, 0.29) is 11.8 Å². The highest BCUT2D eigenvalue weighted by molar-refractivity contribution is 5.89. The monoisotopic (exact) mass is 424 g/mol. The Hall–Kier alpha value is -3.55. The number of carbonyl (C=O) groups is 1. The summed E-state index contributed by atoms with van der Waals surface area (Å²) in [4.78, 5) is 14.5. The molecule has 7 nitrogen and oxygen atoms in total. The van der Waals surface area contributed by atoms with E-state index in [0.717, 1.165) is 22.7 Å². The average molecular weight is 424 g/mol. The fraction of sp³-hybridized carbons (Fsp3) is 0.304. The molecule has 3 aromatic rings. The SMILES string of the molecule is COc1ccc(NC(=O)N2CCc3c(c(COc4ccc(C)cc4)nn3C)C2)cc1F. The van der Waals surface area contributed by atoms with Crippen LogP contribution in [-0.4, -0.2) is 34.4 Å². The number of nitrogens with one attached hydrogen (secondary N) is 1. The van der Waals surface area contributed by atoms with Crippen LogP contribution in [-0.2, 0) is 26.6 Å².